The largest absolute Gasteiger partial charge is 0.394 e. The van der Waals surface area contributed by atoms with Crippen molar-refractivity contribution >= 4 is 5.91 Å². The molecule has 0 heterocycles. The predicted molar refractivity (Wildman–Crippen MR) is 47.4 cm³/mol. The summed E-state index contributed by atoms with van der Waals surface area (Å²) in [6, 6.07) is 0. The first-order chi connectivity index (χ1) is 6.31. The van der Waals surface area contributed by atoms with Crippen molar-refractivity contribution in [3.05, 3.63) is 0 Å². The Balaban J connectivity index is 2.95. The van der Waals surface area contributed by atoms with Crippen LogP contribution in [0.25, 0.3) is 0 Å². The van der Waals surface area contributed by atoms with Crippen LogP contribution in [0.4, 0.5) is 0 Å². The Morgan fingerprint density at radius 3 is 2.62 bits per heavy atom. The Morgan fingerprint density at radius 1 is 1.31 bits per heavy atom. The van der Waals surface area contributed by atoms with E-state index in [1.807, 2.05) is 0 Å². The molecule has 78 valence electrons. The number of aliphatic hydroxyl groups is 1. The average Bonchev–Trinajstić information content (AvgIpc) is 2.16. The third kappa shape index (κ3) is 9.26. The lowest BCUT2D eigenvalue weighted by molar-refractivity contribution is -0.125. The summed E-state index contributed by atoms with van der Waals surface area (Å²) in [5.41, 5.74) is 0. The second kappa shape index (κ2) is 9.44. The number of rotatable bonds is 8. The molecule has 13 heavy (non-hydrogen) atoms. The van der Waals surface area contributed by atoms with Crippen LogP contribution in [0.3, 0.4) is 0 Å². The van der Waals surface area contributed by atoms with E-state index in [-0.39, 0.29) is 19.1 Å². The SMILES string of the molecule is CNC(=O)COCCCOCCO. The molecule has 0 spiro atoms. The minimum Gasteiger partial charge on any atom is -0.394 e. The fourth-order valence-corrected chi connectivity index (χ4v) is 0.667. The molecule has 0 bridgehead atoms. The van der Waals surface area contributed by atoms with Gasteiger partial charge in [-0.15, -0.1) is 0 Å². The quantitative estimate of drug-likeness (QED) is 0.490. The van der Waals surface area contributed by atoms with Gasteiger partial charge in [0.05, 0.1) is 13.2 Å². The van der Waals surface area contributed by atoms with E-state index in [1.165, 1.54) is 0 Å². The lowest BCUT2D eigenvalue weighted by Gasteiger charge is -2.03. The lowest BCUT2D eigenvalue weighted by Crippen LogP contribution is -2.23. The van der Waals surface area contributed by atoms with Crippen molar-refractivity contribution in [2.75, 3.05) is 40.1 Å². The van der Waals surface area contributed by atoms with Crippen LogP contribution < -0.4 is 5.32 Å². The van der Waals surface area contributed by atoms with Crippen LogP contribution in [0.15, 0.2) is 0 Å². The van der Waals surface area contributed by atoms with E-state index in [0.717, 1.165) is 6.42 Å². The summed E-state index contributed by atoms with van der Waals surface area (Å²) in [6.45, 7) is 1.54. The maximum Gasteiger partial charge on any atom is 0.245 e. The predicted octanol–water partition coefficient (Wildman–Crippen LogP) is -0.852. The van der Waals surface area contributed by atoms with Gasteiger partial charge in [0.1, 0.15) is 6.61 Å². The molecule has 0 aromatic heterocycles. The molecule has 0 aliphatic rings. The van der Waals surface area contributed by atoms with Crippen LogP contribution in [0, 0.1) is 0 Å². The van der Waals surface area contributed by atoms with Crippen LogP contribution in [0.1, 0.15) is 6.42 Å². The molecule has 0 saturated heterocycles. The Morgan fingerprint density at radius 2 is 2.00 bits per heavy atom. The van der Waals surface area contributed by atoms with Gasteiger partial charge in [0.25, 0.3) is 0 Å². The molecular formula is C8H17NO4. The van der Waals surface area contributed by atoms with E-state index >= 15 is 0 Å². The van der Waals surface area contributed by atoms with E-state index < -0.39 is 0 Å². The van der Waals surface area contributed by atoms with Gasteiger partial charge in [0.2, 0.25) is 5.91 Å². The molecule has 0 rings (SSSR count). The molecule has 0 aliphatic heterocycles. The number of nitrogens with one attached hydrogen (secondary N) is 1. The summed E-state index contributed by atoms with van der Waals surface area (Å²) < 4.78 is 10.00. The molecule has 0 atom stereocenters. The second-order valence-corrected chi connectivity index (χ2v) is 2.42. The lowest BCUT2D eigenvalue weighted by atomic mass is 10.5. The summed E-state index contributed by atoms with van der Waals surface area (Å²) >= 11 is 0. The Hall–Kier alpha value is -0.650. The monoisotopic (exact) mass is 191 g/mol. The van der Waals surface area contributed by atoms with Gasteiger partial charge in [-0.25, -0.2) is 0 Å². The van der Waals surface area contributed by atoms with Crippen LogP contribution in [-0.2, 0) is 14.3 Å². The van der Waals surface area contributed by atoms with Crippen molar-refractivity contribution in [2.45, 2.75) is 6.42 Å². The van der Waals surface area contributed by atoms with Crippen molar-refractivity contribution in [3.63, 3.8) is 0 Å². The Kier molecular flexibility index (Phi) is 8.97. The maximum atomic E-state index is 10.6. The van der Waals surface area contributed by atoms with E-state index in [1.54, 1.807) is 7.05 Å². The normalized spacial score (nSPS) is 10.0. The fraction of sp³-hybridized carbons (Fsp3) is 0.875. The summed E-state index contributed by atoms with van der Waals surface area (Å²) in [4.78, 5) is 10.6. The zero-order chi connectivity index (χ0) is 9.94. The minimum atomic E-state index is -0.128. The number of carbonyl (C=O) groups excluding carboxylic acids is 1. The molecular weight excluding hydrogens is 174 g/mol. The van der Waals surface area contributed by atoms with Crippen molar-refractivity contribution in [3.8, 4) is 0 Å². The molecule has 0 aromatic carbocycles. The number of ether oxygens (including phenoxy) is 2. The van der Waals surface area contributed by atoms with Crippen LogP contribution >= 0.6 is 0 Å². The zero-order valence-corrected chi connectivity index (χ0v) is 7.91. The molecule has 5 nitrogen and oxygen atoms in total. The average molecular weight is 191 g/mol. The number of likely N-dealkylation sites (N-methyl/N-ethyl adjacent to an activating group) is 1. The Bertz CT molecular complexity index is 129. The molecule has 1 amide bonds. The molecule has 0 fully saturated rings. The van der Waals surface area contributed by atoms with Gasteiger partial charge in [0.15, 0.2) is 0 Å². The van der Waals surface area contributed by atoms with Crippen LogP contribution in [0.2, 0.25) is 0 Å². The standard InChI is InChI=1S/C8H17NO4/c1-9-8(11)7-13-5-2-4-12-6-3-10/h10H,2-7H2,1H3,(H,9,11). The van der Waals surface area contributed by atoms with Crippen LogP contribution in [-0.4, -0.2) is 51.1 Å². The number of carbonyl (C=O) groups is 1. The van der Waals surface area contributed by atoms with Gasteiger partial charge in [-0.2, -0.15) is 0 Å². The molecule has 0 radical (unpaired) electrons. The number of aliphatic hydroxyl groups excluding tert-OH is 1. The highest BCUT2D eigenvalue weighted by molar-refractivity contribution is 5.76. The highest BCUT2D eigenvalue weighted by Gasteiger charge is 1.96. The summed E-state index contributed by atoms with van der Waals surface area (Å²) in [5, 5.41) is 10.8. The van der Waals surface area contributed by atoms with Gasteiger partial charge in [-0.05, 0) is 6.42 Å². The van der Waals surface area contributed by atoms with Crippen molar-refractivity contribution in [2.24, 2.45) is 0 Å². The van der Waals surface area contributed by atoms with Gasteiger partial charge in [0, 0.05) is 20.3 Å². The van der Waals surface area contributed by atoms with Crippen molar-refractivity contribution < 1.29 is 19.4 Å². The topological polar surface area (TPSA) is 67.8 Å². The summed E-state index contributed by atoms with van der Waals surface area (Å²) in [6.07, 6.45) is 0.733. The fourth-order valence-electron chi connectivity index (χ4n) is 0.667. The number of hydrogen-bond donors (Lipinski definition) is 2. The third-order valence-electron chi connectivity index (χ3n) is 1.32. The smallest absolute Gasteiger partial charge is 0.245 e. The first-order valence-electron chi connectivity index (χ1n) is 4.28. The third-order valence-corrected chi connectivity index (χ3v) is 1.32. The van der Waals surface area contributed by atoms with Crippen LogP contribution in [0.5, 0.6) is 0 Å². The minimum absolute atomic E-state index is 0.0408. The van der Waals surface area contributed by atoms with E-state index in [9.17, 15) is 4.79 Å². The van der Waals surface area contributed by atoms with Crippen molar-refractivity contribution in [1.29, 1.82) is 0 Å². The zero-order valence-electron chi connectivity index (χ0n) is 7.91. The summed E-state index contributed by atoms with van der Waals surface area (Å²) in [7, 11) is 1.57. The number of amides is 1. The molecule has 0 saturated carbocycles. The highest BCUT2D eigenvalue weighted by atomic mass is 16.5. The molecule has 0 aromatic rings. The van der Waals surface area contributed by atoms with Crippen molar-refractivity contribution in [1.82, 2.24) is 5.32 Å². The molecule has 0 unspecified atom stereocenters. The number of hydrogen-bond acceptors (Lipinski definition) is 4. The Labute approximate surface area is 78.0 Å². The highest BCUT2D eigenvalue weighted by Crippen LogP contribution is 1.84. The first kappa shape index (κ1) is 12.3. The van der Waals surface area contributed by atoms with E-state index in [4.69, 9.17) is 14.6 Å². The summed E-state index contributed by atoms with van der Waals surface area (Å²) in [5.74, 6) is -0.128. The van der Waals surface area contributed by atoms with Gasteiger partial charge in [-0.1, -0.05) is 0 Å². The molecule has 0 aliphatic carbocycles. The maximum absolute atomic E-state index is 10.6. The molecule has 2 N–H and O–H groups in total. The van der Waals surface area contributed by atoms with E-state index in [0.29, 0.717) is 19.8 Å². The first-order valence-corrected chi connectivity index (χ1v) is 4.28. The second-order valence-electron chi connectivity index (χ2n) is 2.42. The van der Waals surface area contributed by atoms with Gasteiger partial charge < -0.3 is 19.9 Å². The van der Waals surface area contributed by atoms with E-state index in [2.05, 4.69) is 5.32 Å². The van der Waals surface area contributed by atoms with Gasteiger partial charge in [-0.3, -0.25) is 4.79 Å². The molecule has 5 heteroatoms. The van der Waals surface area contributed by atoms with Gasteiger partial charge >= 0.3 is 0 Å².